The van der Waals surface area contributed by atoms with E-state index in [1.807, 2.05) is 13.8 Å². The lowest BCUT2D eigenvalue weighted by Crippen LogP contribution is -2.36. The quantitative estimate of drug-likeness (QED) is 0.744. The summed E-state index contributed by atoms with van der Waals surface area (Å²) in [5, 5.41) is 6.23. The first-order valence-corrected chi connectivity index (χ1v) is 7.54. The maximum Gasteiger partial charge on any atom is 0.251 e. The fourth-order valence-corrected chi connectivity index (χ4v) is 3.17. The molecule has 0 unspecified atom stereocenters. The van der Waals surface area contributed by atoms with Crippen LogP contribution in [0.4, 0.5) is 5.00 Å². The van der Waals surface area contributed by atoms with E-state index in [0.29, 0.717) is 17.0 Å². The predicted octanol–water partition coefficient (Wildman–Crippen LogP) is 2.19. The second-order valence-electron chi connectivity index (χ2n) is 4.66. The molecule has 1 aromatic rings. The standard InChI is InChI=1S/C13H19N3O2S2/c1-5-8-7(4)20-12(9(8)10(14)17)16-13(19)15-11(18)6(2)3/h6H,5H2,1-4H3,(H2,14,17)(H2,15,16,18,19). The van der Waals surface area contributed by atoms with Crippen molar-refractivity contribution < 1.29 is 9.59 Å². The van der Waals surface area contributed by atoms with Crippen LogP contribution in [0.15, 0.2) is 0 Å². The molecule has 0 saturated heterocycles. The Morgan fingerprint density at radius 3 is 2.45 bits per heavy atom. The molecule has 20 heavy (non-hydrogen) atoms. The molecule has 0 saturated carbocycles. The first-order chi connectivity index (χ1) is 9.27. The minimum Gasteiger partial charge on any atom is -0.365 e. The Morgan fingerprint density at radius 2 is 2.00 bits per heavy atom. The number of hydrogen-bond donors (Lipinski definition) is 3. The fraction of sp³-hybridized carbons (Fsp3) is 0.462. The summed E-state index contributed by atoms with van der Waals surface area (Å²) >= 11 is 6.48. The molecule has 0 aromatic carbocycles. The van der Waals surface area contributed by atoms with Gasteiger partial charge in [-0.05, 0) is 31.1 Å². The molecular weight excluding hydrogens is 294 g/mol. The van der Waals surface area contributed by atoms with E-state index in [1.54, 1.807) is 13.8 Å². The number of amides is 2. The Labute approximate surface area is 127 Å². The number of carbonyl (C=O) groups is 2. The summed E-state index contributed by atoms with van der Waals surface area (Å²) in [6.45, 7) is 7.44. The van der Waals surface area contributed by atoms with Gasteiger partial charge in [-0.15, -0.1) is 11.3 Å². The van der Waals surface area contributed by atoms with Crippen LogP contribution in [0, 0.1) is 12.8 Å². The molecule has 0 radical (unpaired) electrons. The van der Waals surface area contributed by atoms with E-state index in [2.05, 4.69) is 10.6 Å². The molecule has 7 heteroatoms. The van der Waals surface area contributed by atoms with Crippen molar-refractivity contribution in [2.75, 3.05) is 5.32 Å². The van der Waals surface area contributed by atoms with Gasteiger partial charge in [0.05, 0.1) is 5.56 Å². The van der Waals surface area contributed by atoms with Crippen LogP contribution in [0.25, 0.3) is 0 Å². The van der Waals surface area contributed by atoms with Gasteiger partial charge in [0, 0.05) is 10.8 Å². The first-order valence-electron chi connectivity index (χ1n) is 6.31. The molecule has 0 aliphatic carbocycles. The Hall–Kier alpha value is -1.47. The number of rotatable bonds is 4. The fourth-order valence-electron chi connectivity index (χ4n) is 1.74. The lowest BCUT2D eigenvalue weighted by atomic mass is 10.1. The van der Waals surface area contributed by atoms with Gasteiger partial charge in [0.1, 0.15) is 5.00 Å². The molecule has 0 aliphatic heterocycles. The van der Waals surface area contributed by atoms with Crippen molar-refractivity contribution in [3.8, 4) is 0 Å². The normalized spacial score (nSPS) is 10.4. The Bertz CT molecular complexity index is 550. The maximum absolute atomic E-state index is 11.6. The van der Waals surface area contributed by atoms with E-state index >= 15 is 0 Å². The summed E-state index contributed by atoms with van der Waals surface area (Å²) in [7, 11) is 0. The Balaban J connectivity index is 2.95. The number of hydrogen-bond acceptors (Lipinski definition) is 4. The molecule has 0 bridgehead atoms. The smallest absolute Gasteiger partial charge is 0.251 e. The van der Waals surface area contributed by atoms with Crippen LogP contribution >= 0.6 is 23.6 Å². The van der Waals surface area contributed by atoms with Gasteiger partial charge in [-0.25, -0.2) is 0 Å². The number of primary amides is 1. The summed E-state index contributed by atoms with van der Waals surface area (Å²) in [4.78, 5) is 24.2. The molecule has 5 nitrogen and oxygen atoms in total. The Kier molecular flexibility index (Phi) is 5.64. The van der Waals surface area contributed by atoms with Gasteiger partial charge in [-0.3, -0.25) is 9.59 Å². The average molecular weight is 313 g/mol. The highest BCUT2D eigenvalue weighted by Gasteiger charge is 2.20. The van der Waals surface area contributed by atoms with Gasteiger partial charge in [0.2, 0.25) is 5.91 Å². The monoisotopic (exact) mass is 313 g/mol. The Morgan fingerprint density at radius 1 is 1.40 bits per heavy atom. The molecule has 1 heterocycles. The van der Waals surface area contributed by atoms with Crippen molar-refractivity contribution in [2.24, 2.45) is 11.7 Å². The van der Waals surface area contributed by atoms with Crippen molar-refractivity contribution in [1.29, 1.82) is 0 Å². The summed E-state index contributed by atoms with van der Waals surface area (Å²) in [5.41, 5.74) is 6.80. The zero-order valence-corrected chi connectivity index (χ0v) is 13.6. The molecule has 4 N–H and O–H groups in total. The highest BCUT2D eigenvalue weighted by atomic mass is 32.1. The lowest BCUT2D eigenvalue weighted by molar-refractivity contribution is -0.122. The van der Waals surface area contributed by atoms with E-state index < -0.39 is 5.91 Å². The SMILES string of the molecule is CCc1c(C)sc(NC(=S)NC(=O)C(C)C)c1C(N)=O. The summed E-state index contributed by atoms with van der Waals surface area (Å²) in [6.07, 6.45) is 0.716. The van der Waals surface area contributed by atoms with Crippen LogP contribution in [-0.4, -0.2) is 16.9 Å². The minimum atomic E-state index is -0.494. The van der Waals surface area contributed by atoms with Crippen LogP contribution in [0.5, 0.6) is 0 Å². The first kappa shape index (κ1) is 16.6. The number of aryl methyl sites for hydroxylation is 1. The van der Waals surface area contributed by atoms with Crippen LogP contribution in [0.1, 0.15) is 41.6 Å². The van der Waals surface area contributed by atoms with Crippen molar-refractivity contribution >= 4 is 45.5 Å². The van der Waals surface area contributed by atoms with E-state index in [-0.39, 0.29) is 16.9 Å². The van der Waals surface area contributed by atoms with E-state index in [4.69, 9.17) is 18.0 Å². The molecule has 1 rings (SSSR count). The molecular formula is C13H19N3O2S2. The largest absolute Gasteiger partial charge is 0.365 e. The molecule has 0 aliphatic rings. The van der Waals surface area contributed by atoms with Gasteiger partial charge in [0.25, 0.3) is 5.91 Å². The molecule has 1 aromatic heterocycles. The number of nitrogens with two attached hydrogens (primary N) is 1. The molecule has 2 amide bonds. The zero-order chi connectivity index (χ0) is 15.4. The van der Waals surface area contributed by atoms with Crippen molar-refractivity contribution in [1.82, 2.24) is 5.32 Å². The number of nitrogens with one attached hydrogen (secondary N) is 2. The summed E-state index contributed by atoms with van der Waals surface area (Å²) in [5.74, 6) is -0.833. The highest BCUT2D eigenvalue weighted by molar-refractivity contribution is 7.80. The van der Waals surface area contributed by atoms with E-state index in [0.717, 1.165) is 10.4 Å². The predicted molar refractivity (Wildman–Crippen MR) is 86.2 cm³/mol. The molecule has 0 fully saturated rings. The molecule has 110 valence electrons. The average Bonchev–Trinajstić information content (AvgIpc) is 2.64. The zero-order valence-electron chi connectivity index (χ0n) is 12.0. The van der Waals surface area contributed by atoms with Crippen LogP contribution in [-0.2, 0) is 11.2 Å². The van der Waals surface area contributed by atoms with E-state index in [9.17, 15) is 9.59 Å². The van der Waals surface area contributed by atoms with Crippen molar-refractivity contribution in [2.45, 2.75) is 34.1 Å². The highest BCUT2D eigenvalue weighted by Crippen LogP contribution is 2.33. The second kappa shape index (κ2) is 6.81. The van der Waals surface area contributed by atoms with Gasteiger partial charge in [-0.1, -0.05) is 20.8 Å². The van der Waals surface area contributed by atoms with Crippen LogP contribution < -0.4 is 16.4 Å². The second-order valence-corrected chi connectivity index (χ2v) is 6.29. The van der Waals surface area contributed by atoms with Crippen LogP contribution in [0.3, 0.4) is 0 Å². The lowest BCUT2D eigenvalue weighted by Gasteiger charge is -2.11. The van der Waals surface area contributed by atoms with Crippen molar-refractivity contribution in [3.63, 3.8) is 0 Å². The number of carbonyl (C=O) groups excluding carboxylic acids is 2. The topological polar surface area (TPSA) is 84.2 Å². The third-order valence-corrected chi connectivity index (χ3v) is 4.06. The maximum atomic E-state index is 11.6. The minimum absolute atomic E-state index is 0.165. The summed E-state index contributed by atoms with van der Waals surface area (Å²) in [6, 6.07) is 0. The van der Waals surface area contributed by atoms with Gasteiger partial charge in [-0.2, -0.15) is 0 Å². The third-order valence-electron chi connectivity index (χ3n) is 2.80. The molecule has 0 spiro atoms. The van der Waals surface area contributed by atoms with Gasteiger partial charge < -0.3 is 16.4 Å². The van der Waals surface area contributed by atoms with Crippen molar-refractivity contribution in [3.05, 3.63) is 16.0 Å². The number of anilines is 1. The van der Waals surface area contributed by atoms with Gasteiger partial charge in [0.15, 0.2) is 5.11 Å². The number of thiocarbonyl (C=S) groups is 1. The number of thiophene rings is 1. The van der Waals surface area contributed by atoms with E-state index in [1.165, 1.54) is 11.3 Å². The van der Waals surface area contributed by atoms with Gasteiger partial charge >= 0.3 is 0 Å². The summed E-state index contributed by atoms with van der Waals surface area (Å²) < 4.78 is 0. The third kappa shape index (κ3) is 3.77. The molecule has 0 atom stereocenters. The van der Waals surface area contributed by atoms with Crippen LogP contribution in [0.2, 0.25) is 0 Å².